The molecule has 0 bridgehead atoms. The number of primary amides is 1. The number of amides is 1. The van der Waals surface area contributed by atoms with E-state index >= 15 is 0 Å². The molecule has 4 nitrogen and oxygen atoms in total. The first-order valence-electron chi connectivity index (χ1n) is 3.22. The second-order valence-corrected chi connectivity index (χ2v) is 3.20. The summed E-state index contributed by atoms with van der Waals surface area (Å²) >= 11 is -2.45. The highest BCUT2D eigenvalue weighted by Crippen LogP contribution is 2.13. The van der Waals surface area contributed by atoms with Crippen molar-refractivity contribution in [1.29, 1.82) is 0 Å². The molecule has 1 amide bonds. The second-order valence-electron chi connectivity index (χ2n) is 2.26. The van der Waals surface area contributed by atoms with Gasteiger partial charge in [0, 0.05) is 5.56 Å². The van der Waals surface area contributed by atoms with Gasteiger partial charge in [0.2, 0.25) is 5.91 Å². The fourth-order valence-electron chi connectivity index (χ4n) is 0.790. The van der Waals surface area contributed by atoms with Crippen LogP contribution in [0.15, 0.2) is 23.1 Å². The van der Waals surface area contributed by atoms with Gasteiger partial charge in [0.15, 0.2) is 11.1 Å². The van der Waals surface area contributed by atoms with Gasteiger partial charge in [-0.15, -0.1) is 0 Å². The highest BCUT2D eigenvalue weighted by atomic mass is 32.2. The minimum absolute atomic E-state index is 0.00111. The van der Waals surface area contributed by atoms with Crippen LogP contribution in [0.25, 0.3) is 0 Å². The van der Waals surface area contributed by atoms with Gasteiger partial charge in [0.05, 0.1) is 0 Å². The maximum atomic E-state index is 12.8. The molecule has 0 aliphatic carbocycles. The van der Waals surface area contributed by atoms with Crippen LogP contribution in [0.2, 0.25) is 0 Å². The van der Waals surface area contributed by atoms with E-state index in [2.05, 4.69) is 0 Å². The fraction of sp³-hybridized carbons (Fsp3) is 0. The van der Waals surface area contributed by atoms with Crippen LogP contribution in [0.3, 0.4) is 0 Å². The quantitative estimate of drug-likeness (QED) is 0.687. The zero-order chi connectivity index (χ0) is 10.0. The summed E-state index contributed by atoms with van der Waals surface area (Å²) < 4.78 is 31.9. The zero-order valence-corrected chi connectivity index (χ0v) is 7.18. The van der Waals surface area contributed by atoms with Gasteiger partial charge >= 0.3 is 0 Å². The van der Waals surface area contributed by atoms with Crippen molar-refractivity contribution >= 4 is 17.0 Å². The van der Waals surface area contributed by atoms with Gasteiger partial charge < -0.3 is 10.3 Å². The van der Waals surface area contributed by atoms with Crippen molar-refractivity contribution < 1.29 is 17.9 Å². The molecular weight excluding hydrogens is 197 g/mol. The minimum Gasteiger partial charge on any atom is -0.366 e. The smallest absolute Gasteiger partial charge is 0.248 e. The van der Waals surface area contributed by atoms with Gasteiger partial charge in [-0.3, -0.25) is 4.79 Å². The van der Waals surface area contributed by atoms with Crippen LogP contribution in [0.1, 0.15) is 10.4 Å². The second kappa shape index (κ2) is 3.63. The zero-order valence-electron chi connectivity index (χ0n) is 6.36. The monoisotopic (exact) mass is 203 g/mol. The number of benzene rings is 1. The molecule has 0 aromatic heterocycles. The molecule has 0 heterocycles. The Kier molecular flexibility index (Phi) is 2.74. The van der Waals surface area contributed by atoms with Crippen LogP contribution in [-0.2, 0) is 11.1 Å². The first kappa shape index (κ1) is 9.82. The molecule has 1 aromatic carbocycles. The molecule has 0 aliphatic rings. The van der Waals surface area contributed by atoms with Gasteiger partial charge in [-0.1, -0.05) is 0 Å². The number of hydrogen-bond acceptors (Lipinski definition) is 2. The Bertz CT molecular complexity index is 380. The highest BCUT2D eigenvalue weighted by molar-refractivity contribution is 7.79. The normalized spacial score (nSPS) is 12.5. The van der Waals surface area contributed by atoms with Crippen molar-refractivity contribution in [2.24, 2.45) is 5.73 Å². The van der Waals surface area contributed by atoms with Crippen molar-refractivity contribution in [3.05, 3.63) is 29.6 Å². The molecule has 0 saturated carbocycles. The van der Waals surface area contributed by atoms with Crippen LogP contribution in [0.4, 0.5) is 4.39 Å². The third-order valence-electron chi connectivity index (χ3n) is 1.40. The lowest BCUT2D eigenvalue weighted by atomic mass is 10.2. The maximum Gasteiger partial charge on any atom is 0.248 e. The van der Waals surface area contributed by atoms with E-state index in [0.717, 1.165) is 18.2 Å². The predicted octanol–water partition coefficient (Wildman–Crippen LogP) is 0.505. The molecule has 3 N–H and O–H groups in total. The molecule has 0 saturated heterocycles. The molecule has 1 aromatic rings. The average molecular weight is 203 g/mol. The Labute approximate surface area is 75.8 Å². The standard InChI is InChI=1S/C7H6FNO3S/c8-5-2-1-4(7(9)10)3-6(5)13(11)12/h1-3H,(H2,9,10)(H,11,12). The number of carbonyl (C=O) groups excluding carboxylic acids is 1. The summed E-state index contributed by atoms with van der Waals surface area (Å²) in [5.41, 5.74) is 4.89. The summed E-state index contributed by atoms with van der Waals surface area (Å²) in [7, 11) is 0. The van der Waals surface area contributed by atoms with Gasteiger partial charge in [-0.25, -0.2) is 8.60 Å². The van der Waals surface area contributed by atoms with Crippen LogP contribution in [0, 0.1) is 5.82 Å². The van der Waals surface area contributed by atoms with E-state index in [9.17, 15) is 13.4 Å². The number of carbonyl (C=O) groups is 1. The summed E-state index contributed by atoms with van der Waals surface area (Å²) in [5, 5.41) is 0. The molecule has 6 heteroatoms. The van der Waals surface area contributed by atoms with Crippen molar-refractivity contribution in [2.45, 2.75) is 4.90 Å². The predicted molar refractivity (Wildman–Crippen MR) is 44.0 cm³/mol. The fourth-order valence-corrected chi connectivity index (χ4v) is 1.25. The van der Waals surface area contributed by atoms with Crippen molar-refractivity contribution in [2.75, 3.05) is 0 Å². The van der Waals surface area contributed by atoms with E-state index in [1.165, 1.54) is 0 Å². The Balaban J connectivity index is 3.27. The topological polar surface area (TPSA) is 80.4 Å². The molecule has 0 aliphatic heterocycles. The summed E-state index contributed by atoms with van der Waals surface area (Å²) in [5.74, 6) is -1.61. The van der Waals surface area contributed by atoms with Crippen LogP contribution in [-0.4, -0.2) is 14.7 Å². The number of halogens is 1. The minimum atomic E-state index is -2.45. The maximum absolute atomic E-state index is 12.8. The van der Waals surface area contributed by atoms with Crippen LogP contribution in [0.5, 0.6) is 0 Å². The largest absolute Gasteiger partial charge is 0.366 e. The molecule has 1 atom stereocenters. The van der Waals surface area contributed by atoms with Crippen molar-refractivity contribution in [1.82, 2.24) is 0 Å². The first-order chi connectivity index (χ1) is 6.02. The molecule has 13 heavy (non-hydrogen) atoms. The third-order valence-corrected chi connectivity index (χ3v) is 2.09. The number of hydrogen-bond donors (Lipinski definition) is 2. The highest BCUT2D eigenvalue weighted by Gasteiger charge is 2.10. The van der Waals surface area contributed by atoms with Gasteiger partial charge in [0.25, 0.3) is 0 Å². The number of rotatable bonds is 2. The van der Waals surface area contributed by atoms with Crippen LogP contribution < -0.4 is 5.73 Å². The van der Waals surface area contributed by atoms with E-state index in [1.54, 1.807) is 0 Å². The van der Waals surface area contributed by atoms with E-state index in [4.69, 9.17) is 10.3 Å². The Morgan fingerprint density at radius 1 is 1.54 bits per heavy atom. The Hall–Kier alpha value is -1.27. The van der Waals surface area contributed by atoms with Gasteiger partial charge in [-0.05, 0) is 18.2 Å². The summed E-state index contributed by atoms with van der Waals surface area (Å²) in [4.78, 5) is 10.2. The molecule has 70 valence electrons. The summed E-state index contributed by atoms with van der Waals surface area (Å²) in [6.45, 7) is 0. The summed E-state index contributed by atoms with van der Waals surface area (Å²) in [6.07, 6.45) is 0. The third kappa shape index (κ3) is 2.10. The molecule has 1 rings (SSSR count). The van der Waals surface area contributed by atoms with Gasteiger partial charge in [-0.2, -0.15) is 0 Å². The lowest BCUT2D eigenvalue weighted by molar-refractivity contribution is 0.1000. The molecule has 0 fully saturated rings. The SMILES string of the molecule is NC(=O)c1ccc(F)c(S(=O)O)c1. The van der Waals surface area contributed by atoms with Crippen molar-refractivity contribution in [3.8, 4) is 0 Å². The Morgan fingerprint density at radius 2 is 2.15 bits per heavy atom. The van der Waals surface area contributed by atoms with Crippen molar-refractivity contribution in [3.63, 3.8) is 0 Å². The summed E-state index contributed by atoms with van der Waals surface area (Å²) in [6, 6.07) is 3.02. The molecule has 0 spiro atoms. The Morgan fingerprint density at radius 3 is 2.62 bits per heavy atom. The van der Waals surface area contributed by atoms with E-state index < -0.39 is 27.7 Å². The van der Waals surface area contributed by atoms with E-state index in [1.807, 2.05) is 0 Å². The average Bonchev–Trinajstić information content (AvgIpc) is 2.04. The number of nitrogens with two attached hydrogens (primary N) is 1. The van der Waals surface area contributed by atoms with Crippen LogP contribution >= 0.6 is 0 Å². The van der Waals surface area contributed by atoms with E-state index in [0.29, 0.717) is 0 Å². The molecule has 0 radical (unpaired) electrons. The molecular formula is C7H6FNO3S. The lowest BCUT2D eigenvalue weighted by Gasteiger charge is -1.99. The first-order valence-corrected chi connectivity index (χ1v) is 4.33. The van der Waals surface area contributed by atoms with Gasteiger partial charge in [0.1, 0.15) is 10.7 Å². The lowest BCUT2D eigenvalue weighted by Crippen LogP contribution is -2.11. The van der Waals surface area contributed by atoms with E-state index in [-0.39, 0.29) is 5.56 Å². The molecule has 1 unspecified atom stereocenters.